The third-order valence-electron chi connectivity index (χ3n) is 6.24. The molecule has 32 heavy (non-hydrogen) atoms. The van der Waals surface area contributed by atoms with Gasteiger partial charge in [-0.1, -0.05) is 37.6 Å². The normalized spacial score (nSPS) is 11.5. The van der Waals surface area contributed by atoms with Gasteiger partial charge in [0, 0.05) is 27.5 Å². The highest BCUT2D eigenvalue weighted by atomic mass is 16.5. The molecular weight excluding hydrogens is 394 g/mol. The molecule has 0 aliphatic rings. The van der Waals surface area contributed by atoms with E-state index >= 15 is 0 Å². The van der Waals surface area contributed by atoms with Gasteiger partial charge in [0.1, 0.15) is 11.3 Å². The first-order chi connectivity index (χ1) is 15.7. The van der Waals surface area contributed by atoms with Crippen LogP contribution in [0.2, 0.25) is 0 Å². The highest BCUT2D eigenvalue weighted by molar-refractivity contribution is 6.02. The Morgan fingerprint density at radius 1 is 0.938 bits per heavy atom. The molecule has 0 atom stereocenters. The highest BCUT2D eigenvalue weighted by Gasteiger charge is 2.18. The van der Waals surface area contributed by atoms with Crippen molar-refractivity contribution in [3.63, 3.8) is 0 Å². The summed E-state index contributed by atoms with van der Waals surface area (Å²) in [5.74, 6) is 0.847. The predicted octanol–water partition coefficient (Wildman–Crippen LogP) is 6.71. The molecule has 4 rings (SSSR count). The van der Waals surface area contributed by atoms with Crippen LogP contribution < -0.4 is 10.5 Å². The van der Waals surface area contributed by atoms with E-state index in [1.54, 1.807) is 0 Å². The molecule has 0 aliphatic carbocycles. The Bertz CT molecular complexity index is 1210. The van der Waals surface area contributed by atoms with Crippen LogP contribution >= 0.6 is 0 Å². The molecular formula is C28H35N3O. The van der Waals surface area contributed by atoms with Crippen LogP contribution in [-0.4, -0.2) is 23.1 Å². The first-order valence-corrected chi connectivity index (χ1v) is 12.0. The van der Waals surface area contributed by atoms with E-state index in [2.05, 4.69) is 54.4 Å². The second kappa shape index (κ2) is 10.2. The number of unbranched alkanes of at least 4 members (excludes halogenated alkanes) is 2. The Kier molecular flexibility index (Phi) is 7.11. The fourth-order valence-electron chi connectivity index (χ4n) is 4.63. The summed E-state index contributed by atoms with van der Waals surface area (Å²) in [6.45, 7) is 7.65. The first-order valence-electron chi connectivity index (χ1n) is 12.0. The van der Waals surface area contributed by atoms with Gasteiger partial charge >= 0.3 is 0 Å². The number of benzene rings is 2. The van der Waals surface area contributed by atoms with E-state index in [1.165, 1.54) is 46.1 Å². The molecule has 4 aromatic rings. The maximum Gasteiger partial charge on any atom is 0.145 e. The maximum atomic E-state index is 5.91. The average Bonchev–Trinajstić information content (AvgIpc) is 3.17. The van der Waals surface area contributed by atoms with Gasteiger partial charge in [-0.15, -0.1) is 0 Å². The molecule has 0 unspecified atom stereocenters. The molecule has 2 heterocycles. The van der Waals surface area contributed by atoms with Crippen molar-refractivity contribution in [2.24, 2.45) is 5.73 Å². The van der Waals surface area contributed by atoms with E-state index in [4.69, 9.17) is 15.5 Å². The number of nitrogens with one attached hydrogen (secondary N) is 1. The van der Waals surface area contributed by atoms with Crippen molar-refractivity contribution in [1.82, 2.24) is 9.97 Å². The van der Waals surface area contributed by atoms with Gasteiger partial charge in [0.05, 0.1) is 12.3 Å². The third-order valence-corrected chi connectivity index (χ3v) is 6.24. The van der Waals surface area contributed by atoms with Crippen molar-refractivity contribution in [2.45, 2.75) is 59.3 Å². The number of aromatic amines is 1. The number of aryl methyl sites for hydroxylation is 3. The van der Waals surface area contributed by atoms with Crippen molar-refractivity contribution in [3.05, 3.63) is 59.3 Å². The lowest BCUT2D eigenvalue weighted by molar-refractivity contribution is 0.343. The molecule has 0 fully saturated rings. The van der Waals surface area contributed by atoms with Crippen LogP contribution in [0.25, 0.3) is 33.1 Å². The quantitative estimate of drug-likeness (QED) is 0.275. The van der Waals surface area contributed by atoms with E-state index in [0.29, 0.717) is 6.61 Å². The SMILES string of the molecule is CCCCc1cccc2c(CCCCN)c(-c3ccc(OCC)c4nc(C)ccc34)[nH]c12. The largest absolute Gasteiger partial charge is 0.492 e. The summed E-state index contributed by atoms with van der Waals surface area (Å²) in [7, 11) is 0. The van der Waals surface area contributed by atoms with E-state index in [-0.39, 0.29) is 0 Å². The summed E-state index contributed by atoms with van der Waals surface area (Å²) >= 11 is 0. The van der Waals surface area contributed by atoms with Crippen LogP contribution in [0.4, 0.5) is 0 Å². The monoisotopic (exact) mass is 429 g/mol. The lowest BCUT2D eigenvalue weighted by atomic mass is 9.96. The summed E-state index contributed by atoms with van der Waals surface area (Å²) in [4.78, 5) is 8.69. The van der Waals surface area contributed by atoms with Crippen molar-refractivity contribution >= 4 is 21.8 Å². The van der Waals surface area contributed by atoms with Crippen LogP contribution in [0.3, 0.4) is 0 Å². The smallest absolute Gasteiger partial charge is 0.145 e. The summed E-state index contributed by atoms with van der Waals surface area (Å²) in [6, 6.07) is 15.3. The minimum atomic E-state index is 0.627. The number of nitrogens with zero attached hydrogens (tertiary/aromatic N) is 1. The molecule has 4 heteroatoms. The molecule has 2 aromatic heterocycles. The highest BCUT2D eigenvalue weighted by Crippen LogP contribution is 2.39. The molecule has 0 saturated heterocycles. The van der Waals surface area contributed by atoms with Gasteiger partial charge in [-0.05, 0) is 81.8 Å². The number of rotatable bonds is 10. The number of nitrogens with two attached hydrogens (primary N) is 1. The van der Waals surface area contributed by atoms with Crippen molar-refractivity contribution in [3.8, 4) is 17.0 Å². The van der Waals surface area contributed by atoms with Gasteiger partial charge in [-0.25, -0.2) is 4.98 Å². The lowest BCUT2D eigenvalue weighted by Crippen LogP contribution is -2.00. The fraction of sp³-hybridized carbons (Fsp3) is 0.393. The summed E-state index contributed by atoms with van der Waals surface area (Å²) in [6.07, 6.45) is 6.62. The molecule has 0 spiro atoms. The van der Waals surface area contributed by atoms with Gasteiger partial charge in [-0.2, -0.15) is 0 Å². The van der Waals surface area contributed by atoms with E-state index < -0.39 is 0 Å². The van der Waals surface area contributed by atoms with Crippen molar-refractivity contribution in [2.75, 3.05) is 13.2 Å². The fourth-order valence-corrected chi connectivity index (χ4v) is 4.63. The molecule has 2 aromatic carbocycles. The summed E-state index contributed by atoms with van der Waals surface area (Å²) in [5, 5.41) is 2.47. The number of hydrogen-bond acceptors (Lipinski definition) is 3. The zero-order valence-electron chi connectivity index (χ0n) is 19.6. The number of pyridine rings is 1. The molecule has 0 amide bonds. The Labute approximate surface area is 191 Å². The van der Waals surface area contributed by atoms with Gasteiger partial charge in [0.15, 0.2) is 0 Å². The second-order valence-corrected chi connectivity index (χ2v) is 8.56. The zero-order valence-corrected chi connectivity index (χ0v) is 19.6. The predicted molar refractivity (Wildman–Crippen MR) is 136 cm³/mol. The first kappa shape index (κ1) is 22.3. The summed E-state index contributed by atoms with van der Waals surface area (Å²) < 4.78 is 5.91. The summed E-state index contributed by atoms with van der Waals surface area (Å²) in [5.41, 5.74) is 14.2. The topological polar surface area (TPSA) is 63.9 Å². The van der Waals surface area contributed by atoms with Gasteiger partial charge < -0.3 is 15.5 Å². The number of aromatic nitrogens is 2. The van der Waals surface area contributed by atoms with Crippen molar-refractivity contribution in [1.29, 1.82) is 0 Å². The number of ether oxygens (including phenoxy) is 1. The third kappa shape index (κ3) is 4.37. The Morgan fingerprint density at radius 2 is 1.81 bits per heavy atom. The van der Waals surface area contributed by atoms with E-state index in [9.17, 15) is 0 Å². The molecule has 0 saturated carbocycles. The second-order valence-electron chi connectivity index (χ2n) is 8.56. The molecule has 4 nitrogen and oxygen atoms in total. The van der Waals surface area contributed by atoms with Crippen LogP contribution in [-0.2, 0) is 12.8 Å². The van der Waals surface area contributed by atoms with Crippen LogP contribution in [0.5, 0.6) is 5.75 Å². The average molecular weight is 430 g/mol. The van der Waals surface area contributed by atoms with E-state index in [0.717, 1.165) is 54.6 Å². The van der Waals surface area contributed by atoms with E-state index in [1.807, 2.05) is 13.8 Å². The Hall–Kier alpha value is -2.85. The Morgan fingerprint density at radius 3 is 2.59 bits per heavy atom. The molecule has 3 N–H and O–H groups in total. The van der Waals surface area contributed by atoms with Gasteiger partial charge in [-0.3, -0.25) is 0 Å². The molecule has 0 radical (unpaired) electrons. The van der Waals surface area contributed by atoms with Gasteiger partial charge in [0.2, 0.25) is 0 Å². The maximum absolute atomic E-state index is 5.91. The lowest BCUT2D eigenvalue weighted by Gasteiger charge is -2.12. The Balaban J connectivity index is 1.94. The van der Waals surface area contributed by atoms with Crippen molar-refractivity contribution < 1.29 is 4.74 Å². The number of fused-ring (bicyclic) bond motifs is 2. The molecule has 0 aliphatic heterocycles. The van der Waals surface area contributed by atoms with Crippen LogP contribution in [0.15, 0.2) is 42.5 Å². The van der Waals surface area contributed by atoms with Gasteiger partial charge in [0.25, 0.3) is 0 Å². The zero-order chi connectivity index (χ0) is 22.5. The van der Waals surface area contributed by atoms with Crippen LogP contribution in [0.1, 0.15) is 56.4 Å². The number of para-hydroxylation sites is 1. The molecule has 0 bridgehead atoms. The minimum absolute atomic E-state index is 0.627. The van der Waals surface area contributed by atoms with Crippen LogP contribution in [0, 0.1) is 6.92 Å². The minimum Gasteiger partial charge on any atom is -0.492 e. The standard InChI is InChI=1S/C28H35N3O/c1-4-6-10-20-11-9-13-21-22(12-7-8-18-29)27(31-26(20)21)23-16-17-25(32-5-2)28-24(23)15-14-19(3)30-28/h9,11,13-17,31H,4-8,10,12,18,29H2,1-3H3. The number of H-pyrrole nitrogens is 1. The number of hydrogen-bond donors (Lipinski definition) is 2. The molecule has 168 valence electrons.